The second-order valence-corrected chi connectivity index (χ2v) is 6.18. The summed E-state index contributed by atoms with van der Waals surface area (Å²) in [5.41, 5.74) is 0.641. The summed E-state index contributed by atoms with van der Waals surface area (Å²) in [6, 6.07) is 2.25. The molecular weight excluding hydrogens is 309 g/mol. The third-order valence-corrected chi connectivity index (χ3v) is 4.59. The van der Waals surface area contributed by atoms with Crippen molar-refractivity contribution in [2.45, 2.75) is 32.0 Å². The Balaban J connectivity index is 1.75. The van der Waals surface area contributed by atoms with E-state index in [9.17, 15) is 13.2 Å². The van der Waals surface area contributed by atoms with Gasteiger partial charge in [-0.05, 0) is 26.3 Å². The normalized spacial score (nSPS) is 22.8. The molecule has 124 valence electrons. The van der Waals surface area contributed by atoms with Crippen molar-refractivity contribution in [1.82, 2.24) is 24.5 Å². The highest BCUT2D eigenvalue weighted by Gasteiger charge is 2.37. The van der Waals surface area contributed by atoms with Gasteiger partial charge in [0.15, 0.2) is 0 Å². The van der Waals surface area contributed by atoms with Gasteiger partial charge in [0.05, 0.1) is 0 Å². The van der Waals surface area contributed by atoms with Gasteiger partial charge in [-0.15, -0.1) is 5.10 Å². The highest BCUT2D eigenvalue weighted by atomic mass is 19.4. The van der Waals surface area contributed by atoms with Crippen LogP contribution < -0.4 is 4.90 Å². The van der Waals surface area contributed by atoms with E-state index in [0.29, 0.717) is 17.6 Å². The Morgan fingerprint density at radius 2 is 2.00 bits per heavy atom. The van der Waals surface area contributed by atoms with Crippen LogP contribution in [0, 0.1) is 6.92 Å². The van der Waals surface area contributed by atoms with Gasteiger partial charge >= 0.3 is 6.18 Å². The summed E-state index contributed by atoms with van der Waals surface area (Å²) in [5, 5.41) is 3.65. The molecule has 1 atom stereocenters. The molecule has 0 bridgehead atoms. The van der Waals surface area contributed by atoms with E-state index >= 15 is 0 Å². The first-order chi connectivity index (χ1) is 10.9. The number of nitrogens with zero attached hydrogens (tertiary/aromatic N) is 6. The molecule has 2 aromatic rings. The zero-order valence-electron chi connectivity index (χ0n) is 12.7. The van der Waals surface area contributed by atoms with Gasteiger partial charge in [0.1, 0.15) is 5.82 Å². The van der Waals surface area contributed by atoms with Crippen LogP contribution in [-0.4, -0.2) is 56.7 Å². The second-order valence-electron chi connectivity index (χ2n) is 6.18. The average Bonchev–Trinajstić information content (AvgIpc) is 3.10. The van der Waals surface area contributed by atoms with Crippen LogP contribution in [0.25, 0.3) is 5.78 Å². The molecule has 2 aliphatic rings. The number of fused-ring (bicyclic) bond motifs is 2. The Hall–Kier alpha value is -1.90. The summed E-state index contributed by atoms with van der Waals surface area (Å²) in [5.74, 6) is -0.500. The van der Waals surface area contributed by atoms with Gasteiger partial charge in [-0.25, -0.2) is 4.98 Å². The predicted molar refractivity (Wildman–Crippen MR) is 77.3 cm³/mol. The van der Waals surface area contributed by atoms with Gasteiger partial charge in [-0.3, -0.25) is 4.90 Å². The number of hydrogen-bond acceptors (Lipinski definition) is 5. The fourth-order valence-corrected chi connectivity index (χ4v) is 3.51. The first-order valence-electron chi connectivity index (χ1n) is 7.72. The van der Waals surface area contributed by atoms with Gasteiger partial charge < -0.3 is 4.90 Å². The largest absolute Gasteiger partial charge is 0.453 e. The van der Waals surface area contributed by atoms with Gasteiger partial charge in [0.25, 0.3) is 11.6 Å². The third kappa shape index (κ3) is 2.52. The molecule has 0 N–H and O–H groups in total. The molecule has 23 heavy (non-hydrogen) atoms. The van der Waals surface area contributed by atoms with E-state index in [1.54, 1.807) is 13.0 Å². The Labute approximate surface area is 130 Å². The van der Waals surface area contributed by atoms with E-state index in [1.807, 2.05) is 0 Å². The molecule has 0 radical (unpaired) electrons. The van der Waals surface area contributed by atoms with Crippen molar-refractivity contribution in [3.8, 4) is 0 Å². The number of anilines is 1. The Morgan fingerprint density at radius 1 is 1.17 bits per heavy atom. The SMILES string of the molecule is Cc1cc(N2CCN3CCC[C@@H]3C2)n2nc(C(F)(F)F)nc2n1. The van der Waals surface area contributed by atoms with Crippen LogP contribution in [0.15, 0.2) is 6.07 Å². The fourth-order valence-electron chi connectivity index (χ4n) is 3.51. The van der Waals surface area contributed by atoms with E-state index < -0.39 is 12.0 Å². The van der Waals surface area contributed by atoms with Crippen LogP contribution in [0.3, 0.4) is 0 Å². The van der Waals surface area contributed by atoms with Crippen LogP contribution in [0.1, 0.15) is 24.4 Å². The quantitative estimate of drug-likeness (QED) is 0.799. The number of halogens is 3. The monoisotopic (exact) mass is 326 g/mol. The van der Waals surface area contributed by atoms with Crippen LogP contribution in [0.2, 0.25) is 0 Å². The molecule has 2 aromatic heterocycles. The molecule has 0 spiro atoms. The van der Waals surface area contributed by atoms with Crippen molar-refractivity contribution in [3.05, 3.63) is 17.6 Å². The molecule has 0 amide bonds. The van der Waals surface area contributed by atoms with E-state index in [0.717, 1.165) is 32.6 Å². The summed E-state index contributed by atoms with van der Waals surface area (Å²) in [7, 11) is 0. The fraction of sp³-hybridized carbons (Fsp3) is 0.643. The number of rotatable bonds is 1. The van der Waals surface area contributed by atoms with Crippen molar-refractivity contribution in [1.29, 1.82) is 0 Å². The average molecular weight is 326 g/mol. The van der Waals surface area contributed by atoms with Crippen molar-refractivity contribution >= 4 is 11.6 Å². The lowest BCUT2D eigenvalue weighted by Crippen LogP contribution is -2.50. The summed E-state index contributed by atoms with van der Waals surface area (Å²) in [6.45, 7) is 5.38. The molecule has 2 fully saturated rings. The minimum Gasteiger partial charge on any atom is -0.354 e. The number of alkyl halides is 3. The molecule has 9 heteroatoms. The lowest BCUT2D eigenvalue weighted by atomic mass is 10.1. The maximum absolute atomic E-state index is 12.9. The zero-order chi connectivity index (χ0) is 16.2. The topological polar surface area (TPSA) is 49.6 Å². The zero-order valence-corrected chi connectivity index (χ0v) is 12.7. The smallest absolute Gasteiger partial charge is 0.354 e. The number of piperazine rings is 1. The molecule has 0 saturated carbocycles. The minimum atomic E-state index is -4.57. The Kier molecular flexibility index (Phi) is 3.22. The van der Waals surface area contributed by atoms with E-state index in [2.05, 4.69) is 24.9 Å². The first kappa shape index (κ1) is 14.7. The molecule has 4 heterocycles. The van der Waals surface area contributed by atoms with Gasteiger partial charge in [0.2, 0.25) is 0 Å². The summed E-state index contributed by atoms with van der Waals surface area (Å²) in [6.07, 6.45) is -2.25. The van der Waals surface area contributed by atoms with Crippen LogP contribution in [-0.2, 0) is 6.18 Å². The standard InChI is InChI=1S/C14H17F3N6/c1-9-7-11(22-6-5-21-4-2-3-10(21)8-22)23-13(18-9)19-12(20-23)14(15,16)17/h7,10H,2-6,8H2,1H3/t10-/m1/s1. The predicted octanol–water partition coefficient (Wildman–Crippen LogP) is 1.74. The molecule has 6 nitrogen and oxygen atoms in total. The van der Waals surface area contributed by atoms with E-state index in [-0.39, 0.29) is 5.78 Å². The van der Waals surface area contributed by atoms with Crippen LogP contribution in [0.4, 0.5) is 19.0 Å². The Bertz CT molecular complexity index is 740. The number of hydrogen-bond donors (Lipinski definition) is 0. The molecule has 0 aromatic carbocycles. The van der Waals surface area contributed by atoms with Gasteiger partial charge in [-0.1, -0.05) is 0 Å². The molecule has 2 saturated heterocycles. The van der Waals surface area contributed by atoms with E-state index in [4.69, 9.17) is 0 Å². The van der Waals surface area contributed by atoms with Crippen LogP contribution in [0.5, 0.6) is 0 Å². The third-order valence-electron chi connectivity index (χ3n) is 4.59. The minimum absolute atomic E-state index is 0.00109. The first-order valence-corrected chi connectivity index (χ1v) is 7.72. The molecule has 2 aliphatic heterocycles. The Morgan fingerprint density at radius 3 is 2.78 bits per heavy atom. The lowest BCUT2D eigenvalue weighted by molar-refractivity contribution is -0.144. The van der Waals surface area contributed by atoms with Gasteiger partial charge in [-0.2, -0.15) is 22.7 Å². The highest BCUT2D eigenvalue weighted by Crippen LogP contribution is 2.29. The van der Waals surface area contributed by atoms with Crippen molar-refractivity contribution in [3.63, 3.8) is 0 Å². The van der Waals surface area contributed by atoms with Crippen molar-refractivity contribution in [2.24, 2.45) is 0 Å². The molecular formula is C14H17F3N6. The molecule has 0 aliphatic carbocycles. The number of aryl methyl sites for hydroxylation is 1. The molecule has 4 rings (SSSR count). The maximum Gasteiger partial charge on any atom is 0.453 e. The lowest BCUT2D eigenvalue weighted by Gasteiger charge is -2.38. The van der Waals surface area contributed by atoms with E-state index in [1.165, 1.54) is 10.9 Å². The second kappa shape index (κ2) is 5.05. The van der Waals surface area contributed by atoms with Gasteiger partial charge in [0, 0.05) is 37.4 Å². The van der Waals surface area contributed by atoms with Crippen molar-refractivity contribution < 1.29 is 13.2 Å². The highest BCUT2D eigenvalue weighted by molar-refractivity contribution is 5.48. The summed E-state index contributed by atoms with van der Waals surface area (Å²) < 4.78 is 39.9. The number of aromatic nitrogens is 4. The molecule has 0 unspecified atom stereocenters. The summed E-state index contributed by atoms with van der Waals surface area (Å²) >= 11 is 0. The maximum atomic E-state index is 12.9. The van der Waals surface area contributed by atoms with Crippen molar-refractivity contribution in [2.75, 3.05) is 31.1 Å². The van der Waals surface area contributed by atoms with Crippen LogP contribution >= 0.6 is 0 Å². The summed E-state index contributed by atoms with van der Waals surface area (Å²) in [4.78, 5) is 12.2.